The molecular formula is C23H32N4OS. The Labute approximate surface area is 178 Å². The van der Waals surface area contributed by atoms with Gasteiger partial charge in [0, 0.05) is 24.2 Å². The zero-order chi connectivity index (χ0) is 20.4. The number of hydrogen-bond donors (Lipinski definition) is 0. The number of fused-ring (bicyclic) bond motifs is 1. The summed E-state index contributed by atoms with van der Waals surface area (Å²) in [5.41, 5.74) is 4.07. The van der Waals surface area contributed by atoms with Crippen LogP contribution in [0.25, 0.3) is 11.4 Å². The van der Waals surface area contributed by atoms with Crippen molar-refractivity contribution >= 4 is 17.7 Å². The second kappa shape index (κ2) is 8.90. The van der Waals surface area contributed by atoms with E-state index in [1.54, 1.807) is 0 Å². The van der Waals surface area contributed by atoms with Crippen LogP contribution in [0.2, 0.25) is 0 Å². The Morgan fingerprint density at radius 2 is 1.79 bits per heavy atom. The van der Waals surface area contributed by atoms with E-state index in [9.17, 15) is 4.79 Å². The minimum Gasteiger partial charge on any atom is -0.337 e. The van der Waals surface area contributed by atoms with Crippen LogP contribution in [0.4, 0.5) is 0 Å². The van der Waals surface area contributed by atoms with Crippen LogP contribution in [0.15, 0.2) is 23.4 Å². The van der Waals surface area contributed by atoms with Crippen molar-refractivity contribution in [2.24, 2.45) is 0 Å². The molecule has 0 spiro atoms. The first kappa shape index (κ1) is 20.5. The molecule has 0 saturated carbocycles. The molecule has 1 saturated heterocycles. The van der Waals surface area contributed by atoms with Crippen LogP contribution in [-0.4, -0.2) is 43.4 Å². The smallest absolute Gasteiger partial charge is 0.233 e. The molecule has 0 N–H and O–H groups in total. The number of thioether (sulfide) groups is 1. The second-order valence-electron chi connectivity index (χ2n) is 8.46. The van der Waals surface area contributed by atoms with Gasteiger partial charge in [-0.1, -0.05) is 23.9 Å². The number of nitrogens with zero attached hydrogens (tertiary/aromatic N) is 4. The minimum atomic E-state index is 0.218. The van der Waals surface area contributed by atoms with Gasteiger partial charge < -0.3 is 9.47 Å². The third-order valence-corrected chi connectivity index (χ3v) is 7.40. The first-order chi connectivity index (χ1) is 14.1. The first-order valence-corrected chi connectivity index (χ1v) is 12.1. The Balaban J connectivity index is 1.50. The predicted octanol–water partition coefficient (Wildman–Crippen LogP) is 4.73. The number of aryl methyl sites for hydroxylation is 2. The Kier molecular flexibility index (Phi) is 6.28. The molecule has 156 valence electrons. The molecular weight excluding hydrogens is 380 g/mol. The zero-order valence-electron chi connectivity index (χ0n) is 17.9. The second-order valence-corrected chi connectivity index (χ2v) is 9.40. The maximum absolute atomic E-state index is 12.9. The van der Waals surface area contributed by atoms with Crippen LogP contribution < -0.4 is 0 Å². The molecule has 2 heterocycles. The SMILES string of the molecule is CCn1c(SCC(=O)N2[C@@H](C)CCC[C@@H]2C)nnc1-c1ccc2c(c1)CCCC2. The summed E-state index contributed by atoms with van der Waals surface area (Å²) in [6.07, 6.45) is 8.34. The summed E-state index contributed by atoms with van der Waals surface area (Å²) in [5, 5.41) is 9.77. The van der Waals surface area contributed by atoms with Crippen LogP contribution in [0.1, 0.15) is 64.0 Å². The number of likely N-dealkylation sites (tertiary alicyclic amines) is 1. The Hall–Kier alpha value is -1.82. The summed E-state index contributed by atoms with van der Waals surface area (Å²) in [4.78, 5) is 15.0. The van der Waals surface area contributed by atoms with Gasteiger partial charge in [0.2, 0.25) is 5.91 Å². The van der Waals surface area contributed by atoms with Gasteiger partial charge in [-0.25, -0.2) is 0 Å². The van der Waals surface area contributed by atoms with Crippen LogP contribution >= 0.6 is 11.8 Å². The van der Waals surface area contributed by atoms with E-state index in [4.69, 9.17) is 0 Å². The number of carbonyl (C=O) groups excluding carboxylic acids is 1. The lowest BCUT2D eigenvalue weighted by molar-refractivity contribution is -0.134. The zero-order valence-corrected chi connectivity index (χ0v) is 18.7. The Morgan fingerprint density at radius 3 is 2.52 bits per heavy atom. The van der Waals surface area contributed by atoms with Crippen molar-refractivity contribution in [3.05, 3.63) is 29.3 Å². The van der Waals surface area contributed by atoms with Crippen molar-refractivity contribution in [1.82, 2.24) is 19.7 Å². The van der Waals surface area contributed by atoms with E-state index in [0.717, 1.165) is 42.4 Å². The molecule has 1 fully saturated rings. The summed E-state index contributed by atoms with van der Waals surface area (Å²) in [6, 6.07) is 7.40. The normalized spacial score (nSPS) is 21.8. The Bertz CT molecular complexity index is 868. The fourth-order valence-corrected chi connectivity index (χ4v) is 5.75. The number of piperidine rings is 1. The van der Waals surface area contributed by atoms with Gasteiger partial charge in [-0.2, -0.15) is 0 Å². The average Bonchev–Trinajstić information content (AvgIpc) is 3.14. The molecule has 6 heteroatoms. The molecule has 0 bridgehead atoms. The van der Waals surface area contributed by atoms with Gasteiger partial charge in [0.25, 0.3) is 0 Å². The summed E-state index contributed by atoms with van der Waals surface area (Å²) < 4.78 is 2.14. The number of aromatic nitrogens is 3. The van der Waals surface area contributed by atoms with Crippen molar-refractivity contribution in [2.75, 3.05) is 5.75 Å². The first-order valence-electron chi connectivity index (χ1n) is 11.1. The van der Waals surface area contributed by atoms with E-state index in [-0.39, 0.29) is 5.91 Å². The topological polar surface area (TPSA) is 51.0 Å². The van der Waals surface area contributed by atoms with Crippen LogP contribution in [0, 0.1) is 0 Å². The molecule has 2 aliphatic rings. The van der Waals surface area contributed by atoms with E-state index in [1.165, 1.54) is 48.6 Å². The maximum atomic E-state index is 12.9. The lowest BCUT2D eigenvalue weighted by atomic mass is 9.90. The fourth-order valence-electron chi connectivity index (χ4n) is 4.88. The lowest BCUT2D eigenvalue weighted by Crippen LogP contribution is -2.48. The molecule has 5 nitrogen and oxygen atoms in total. The number of amides is 1. The average molecular weight is 413 g/mol. The molecule has 0 unspecified atom stereocenters. The van der Waals surface area contributed by atoms with Crippen molar-refractivity contribution in [2.45, 2.75) is 89.5 Å². The fraction of sp³-hybridized carbons (Fsp3) is 0.609. The highest BCUT2D eigenvalue weighted by atomic mass is 32.2. The van der Waals surface area contributed by atoms with E-state index in [2.05, 4.69) is 58.6 Å². The molecule has 4 rings (SSSR count). The largest absolute Gasteiger partial charge is 0.337 e. The maximum Gasteiger partial charge on any atom is 0.233 e. The molecule has 1 amide bonds. The van der Waals surface area contributed by atoms with Gasteiger partial charge in [0.05, 0.1) is 5.75 Å². The molecule has 0 radical (unpaired) electrons. The third kappa shape index (κ3) is 4.23. The summed E-state index contributed by atoms with van der Waals surface area (Å²) in [6.45, 7) is 7.25. The van der Waals surface area contributed by atoms with Gasteiger partial charge in [-0.15, -0.1) is 10.2 Å². The molecule has 1 aromatic carbocycles. The van der Waals surface area contributed by atoms with Gasteiger partial charge in [-0.3, -0.25) is 4.79 Å². The number of benzene rings is 1. The van der Waals surface area contributed by atoms with Crippen LogP contribution in [0.3, 0.4) is 0 Å². The highest BCUT2D eigenvalue weighted by Gasteiger charge is 2.29. The Morgan fingerprint density at radius 1 is 1.07 bits per heavy atom. The van der Waals surface area contributed by atoms with Gasteiger partial charge >= 0.3 is 0 Å². The van der Waals surface area contributed by atoms with E-state index < -0.39 is 0 Å². The van der Waals surface area contributed by atoms with Gasteiger partial charge in [0.15, 0.2) is 11.0 Å². The highest BCUT2D eigenvalue weighted by molar-refractivity contribution is 7.99. The van der Waals surface area contributed by atoms with Crippen LogP contribution in [-0.2, 0) is 24.2 Å². The molecule has 1 aliphatic carbocycles. The summed E-state index contributed by atoms with van der Waals surface area (Å²) in [7, 11) is 0. The third-order valence-electron chi connectivity index (χ3n) is 6.45. The molecule has 2 atom stereocenters. The molecule has 1 aliphatic heterocycles. The highest BCUT2D eigenvalue weighted by Crippen LogP contribution is 2.30. The van der Waals surface area contributed by atoms with Crippen molar-refractivity contribution in [1.29, 1.82) is 0 Å². The van der Waals surface area contributed by atoms with Crippen LogP contribution in [0.5, 0.6) is 0 Å². The summed E-state index contributed by atoms with van der Waals surface area (Å²) in [5.74, 6) is 1.56. The monoisotopic (exact) mass is 412 g/mol. The molecule has 1 aromatic heterocycles. The molecule has 29 heavy (non-hydrogen) atoms. The van der Waals surface area contributed by atoms with Crippen molar-refractivity contribution in [3.63, 3.8) is 0 Å². The van der Waals surface area contributed by atoms with Crippen molar-refractivity contribution in [3.8, 4) is 11.4 Å². The quantitative estimate of drug-likeness (QED) is 0.667. The van der Waals surface area contributed by atoms with E-state index in [0.29, 0.717) is 17.8 Å². The van der Waals surface area contributed by atoms with E-state index in [1.807, 2.05) is 0 Å². The minimum absolute atomic E-state index is 0.218. The van der Waals surface area contributed by atoms with Crippen molar-refractivity contribution < 1.29 is 4.79 Å². The number of carbonyl (C=O) groups is 1. The molecule has 2 aromatic rings. The predicted molar refractivity (Wildman–Crippen MR) is 118 cm³/mol. The summed E-state index contributed by atoms with van der Waals surface area (Å²) >= 11 is 1.52. The standard InChI is InChI=1S/C23H32N4OS/c1-4-26-22(20-13-12-18-10-5-6-11-19(18)14-20)24-25-23(26)29-15-21(28)27-16(2)8-7-9-17(27)3/h12-14,16-17H,4-11,15H2,1-3H3/t16-,17-/m0/s1. The number of hydrogen-bond acceptors (Lipinski definition) is 4. The van der Waals surface area contributed by atoms with Gasteiger partial charge in [-0.05, 0) is 82.9 Å². The van der Waals surface area contributed by atoms with Gasteiger partial charge in [0.1, 0.15) is 0 Å². The lowest BCUT2D eigenvalue weighted by Gasteiger charge is -2.39. The van der Waals surface area contributed by atoms with E-state index >= 15 is 0 Å². The number of rotatable bonds is 5.